The average molecular weight is 392 g/mol. The summed E-state index contributed by atoms with van der Waals surface area (Å²) in [6.07, 6.45) is 4.31. The Morgan fingerprint density at radius 3 is 2.62 bits per heavy atom. The van der Waals surface area contributed by atoms with Crippen molar-refractivity contribution in [3.8, 4) is 16.9 Å². The summed E-state index contributed by atoms with van der Waals surface area (Å²) in [6.45, 7) is 10.2. The minimum Gasteiger partial charge on any atom is -0.496 e. The monoisotopic (exact) mass is 391 g/mol. The topological polar surface area (TPSA) is 51.5 Å². The molecule has 0 aliphatic heterocycles. The van der Waals surface area contributed by atoms with Crippen LogP contribution in [0, 0.1) is 13.8 Å². The lowest BCUT2D eigenvalue weighted by atomic mass is 9.96. The van der Waals surface area contributed by atoms with E-state index in [1.807, 2.05) is 26.8 Å². The van der Waals surface area contributed by atoms with Gasteiger partial charge in [-0.1, -0.05) is 30.7 Å². The third kappa shape index (κ3) is 4.37. The van der Waals surface area contributed by atoms with Crippen LogP contribution in [-0.2, 0) is 4.79 Å². The lowest BCUT2D eigenvalue weighted by Crippen LogP contribution is -2.30. The van der Waals surface area contributed by atoms with E-state index in [9.17, 15) is 4.79 Å². The second-order valence-electron chi connectivity index (χ2n) is 7.66. The van der Waals surface area contributed by atoms with Gasteiger partial charge in [0.2, 0.25) is 5.91 Å². The van der Waals surface area contributed by atoms with E-state index in [1.54, 1.807) is 19.4 Å². The molecule has 1 N–H and O–H groups in total. The van der Waals surface area contributed by atoms with E-state index < -0.39 is 0 Å². The van der Waals surface area contributed by atoms with Gasteiger partial charge in [0, 0.05) is 34.7 Å². The van der Waals surface area contributed by atoms with Crippen LogP contribution in [0.15, 0.2) is 47.1 Å². The van der Waals surface area contributed by atoms with Crippen LogP contribution in [0.1, 0.15) is 43.9 Å². The first-order valence-corrected chi connectivity index (χ1v) is 10.00. The van der Waals surface area contributed by atoms with Gasteiger partial charge < -0.3 is 14.5 Å². The number of methoxy groups -OCH3 is 1. The molecule has 0 radical (unpaired) electrons. The summed E-state index contributed by atoms with van der Waals surface area (Å²) in [5, 5.41) is 3.98. The van der Waals surface area contributed by atoms with Gasteiger partial charge in [-0.15, -0.1) is 0 Å². The third-order valence-electron chi connectivity index (χ3n) is 5.34. The van der Waals surface area contributed by atoms with Crippen LogP contribution in [0.5, 0.6) is 5.75 Å². The van der Waals surface area contributed by atoms with Crippen molar-refractivity contribution in [2.24, 2.45) is 0 Å². The molecule has 0 bridgehead atoms. The van der Waals surface area contributed by atoms with Gasteiger partial charge in [0.25, 0.3) is 0 Å². The molecule has 0 spiro atoms. The summed E-state index contributed by atoms with van der Waals surface area (Å²) < 4.78 is 11.4. The Labute approximate surface area is 172 Å². The number of benzene rings is 2. The molecule has 1 atom stereocenters. The number of nitrogens with one attached hydrogen (secondary N) is 1. The molecule has 29 heavy (non-hydrogen) atoms. The maximum absolute atomic E-state index is 12.3. The molecule has 0 aliphatic rings. The Bertz CT molecular complexity index is 1080. The molecule has 4 heteroatoms. The number of carbonyl (C=O) groups is 1. The van der Waals surface area contributed by atoms with Crippen molar-refractivity contribution in [3.63, 3.8) is 0 Å². The van der Waals surface area contributed by atoms with Crippen LogP contribution in [0.25, 0.3) is 27.7 Å². The van der Waals surface area contributed by atoms with Crippen LogP contribution < -0.4 is 10.1 Å². The molecular formula is C25H29NO3. The molecule has 2 aromatic carbocycles. The number of hydrogen-bond donors (Lipinski definition) is 1. The number of allylic oxidation sites excluding steroid dienone is 1. The fourth-order valence-corrected chi connectivity index (χ4v) is 3.52. The van der Waals surface area contributed by atoms with Crippen molar-refractivity contribution in [2.75, 3.05) is 7.11 Å². The van der Waals surface area contributed by atoms with Crippen LogP contribution in [0.2, 0.25) is 0 Å². The Kier molecular flexibility index (Phi) is 6.12. The summed E-state index contributed by atoms with van der Waals surface area (Å²) in [7, 11) is 1.63. The Balaban J connectivity index is 2.09. The van der Waals surface area contributed by atoms with E-state index in [0.717, 1.165) is 39.7 Å². The first kappa shape index (κ1) is 20.7. The molecule has 0 saturated carbocycles. The van der Waals surface area contributed by atoms with Crippen LogP contribution in [0.3, 0.4) is 0 Å². The van der Waals surface area contributed by atoms with Crippen LogP contribution in [-0.4, -0.2) is 19.1 Å². The molecule has 0 fully saturated rings. The number of amides is 1. The quantitative estimate of drug-likeness (QED) is 0.521. The predicted octanol–water partition coefficient (Wildman–Crippen LogP) is 6.04. The zero-order chi connectivity index (χ0) is 21.1. The highest BCUT2D eigenvalue weighted by Crippen LogP contribution is 2.38. The van der Waals surface area contributed by atoms with Gasteiger partial charge in [-0.25, -0.2) is 0 Å². The Morgan fingerprint density at radius 1 is 1.21 bits per heavy atom. The number of aryl methyl sites for hydroxylation is 2. The summed E-state index contributed by atoms with van der Waals surface area (Å²) in [5.74, 6) is 0.588. The molecule has 3 rings (SSSR count). The summed E-state index contributed by atoms with van der Waals surface area (Å²) in [4.78, 5) is 12.3. The lowest BCUT2D eigenvalue weighted by molar-refractivity contribution is -0.117. The summed E-state index contributed by atoms with van der Waals surface area (Å²) >= 11 is 0. The van der Waals surface area contributed by atoms with E-state index >= 15 is 0 Å². The molecule has 1 heterocycles. The molecule has 0 aliphatic carbocycles. The van der Waals surface area contributed by atoms with Crippen molar-refractivity contribution < 1.29 is 13.9 Å². The first-order chi connectivity index (χ1) is 13.8. The Morgan fingerprint density at radius 2 is 1.97 bits per heavy atom. The second kappa shape index (κ2) is 8.56. The van der Waals surface area contributed by atoms with Crippen molar-refractivity contribution in [1.29, 1.82) is 0 Å². The van der Waals surface area contributed by atoms with Crippen molar-refractivity contribution in [2.45, 2.75) is 47.1 Å². The lowest BCUT2D eigenvalue weighted by Gasteiger charge is -2.12. The number of fused-ring (bicyclic) bond motifs is 1. The molecule has 1 unspecified atom stereocenters. The predicted molar refractivity (Wildman–Crippen MR) is 119 cm³/mol. The van der Waals surface area contributed by atoms with Gasteiger partial charge >= 0.3 is 0 Å². The highest BCUT2D eigenvalue weighted by Gasteiger charge is 2.16. The summed E-state index contributed by atoms with van der Waals surface area (Å²) in [6, 6.07) is 10.5. The van der Waals surface area contributed by atoms with Gasteiger partial charge in [0.1, 0.15) is 11.3 Å². The maximum Gasteiger partial charge on any atom is 0.244 e. The van der Waals surface area contributed by atoms with E-state index in [0.29, 0.717) is 5.75 Å². The minimum atomic E-state index is -0.0965. The highest BCUT2D eigenvalue weighted by molar-refractivity contribution is 6.00. The SMILES string of the molecule is CCC(C)NC(=O)/C=C(\C)c1cc2c(-c3ccc(C)cc3C)coc2cc1OC. The van der Waals surface area contributed by atoms with Crippen molar-refractivity contribution in [3.05, 3.63) is 59.4 Å². The van der Waals surface area contributed by atoms with Crippen LogP contribution in [0.4, 0.5) is 0 Å². The van der Waals surface area contributed by atoms with Crippen LogP contribution >= 0.6 is 0 Å². The average Bonchev–Trinajstić information content (AvgIpc) is 3.09. The molecular weight excluding hydrogens is 362 g/mol. The molecule has 152 valence electrons. The zero-order valence-electron chi connectivity index (χ0n) is 18.1. The fourth-order valence-electron chi connectivity index (χ4n) is 3.52. The number of carbonyl (C=O) groups excluding carboxylic acids is 1. The van der Waals surface area contributed by atoms with E-state index in [4.69, 9.17) is 9.15 Å². The molecule has 1 aromatic heterocycles. The Hall–Kier alpha value is -3.01. The molecule has 1 amide bonds. The van der Waals surface area contributed by atoms with E-state index in [-0.39, 0.29) is 11.9 Å². The maximum atomic E-state index is 12.3. The normalized spacial score (nSPS) is 12.8. The number of rotatable bonds is 6. The molecule has 4 nitrogen and oxygen atoms in total. The molecule has 3 aromatic rings. The third-order valence-corrected chi connectivity index (χ3v) is 5.34. The van der Waals surface area contributed by atoms with E-state index in [1.165, 1.54) is 11.1 Å². The first-order valence-electron chi connectivity index (χ1n) is 10.00. The smallest absolute Gasteiger partial charge is 0.244 e. The van der Waals surface area contributed by atoms with Gasteiger partial charge in [-0.2, -0.15) is 0 Å². The minimum absolute atomic E-state index is 0.0965. The zero-order valence-corrected chi connectivity index (χ0v) is 18.1. The number of ether oxygens (including phenoxy) is 1. The van der Waals surface area contributed by atoms with E-state index in [2.05, 4.69) is 43.4 Å². The van der Waals surface area contributed by atoms with Gasteiger partial charge in [0.05, 0.1) is 13.4 Å². The van der Waals surface area contributed by atoms with Gasteiger partial charge in [-0.3, -0.25) is 4.79 Å². The molecule has 0 saturated heterocycles. The highest BCUT2D eigenvalue weighted by atomic mass is 16.5. The van der Waals surface area contributed by atoms with Gasteiger partial charge in [-0.05, 0) is 56.9 Å². The number of hydrogen-bond acceptors (Lipinski definition) is 3. The second-order valence-corrected chi connectivity index (χ2v) is 7.66. The summed E-state index contributed by atoms with van der Waals surface area (Å²) in [5.41, 5.74) is 7.10. The standard InChI is InChI=1S/C25H29NO3/c1-7-18(5)26-25(27)11-17(4)20-12-21-22(14-29-24(21)13-23(20)28-6)19-9-8-15(2)10-16(19)3/h8-14,18H,7H2,1-6H3,(H,26,27)/b17-11+. The number of furan rings is 1. The largest absolute Gasteiger partial charge is 0.496 e. The van der Waals surface area contributed by atoms with Crippen molar-refractivity contribution in [1.82, 2.24) is 5.32 Å². The van der Waals surface area contributed by atoms with Crippen molar-refractivity contribution >= 4 is 22.4 Å². The fraction of sp³-hybridized carbons (Fsp3) is 0.320. The van der Waals surface area contributed by atoms with Gasteiger partial charge in [0.15, 0.2) is 0 Å².